The normalized spacial score (nSPS) is 18.5. The van der Waals surface area contributed by atoms with Crippen LogP contribution in [0.2, 0.25) is 0 Å². The van der Waals surface area contributed by atoms with Crippen LogP contribution in [-0.2, 0) is 7.05 Å². The molecular weight excluding hydrogens is 262 g/mol. The van der Waals surface area contributed by atoms with Crippen molar-refractivity contribution in [1.29, 1.82) is 0 Å². The van der Waals surface area contributed by atoms with Crippen LogP contribution in [0.5, 0.6) is 0 Å². The van der Waals surface area contributed by atoms with Gasteiger partial charge in [0, 0.05) is 19.3 Å². The molecule has 106 valence electrons. The molecule has 1 aromatic carbocycles. The first-order valence-electron chi connectivity index (χ1n) is 7.28. The van der Waals surface area contributed by atoms with Gasteiger partial charge in [0.2, 0.25) is 0 Å². The zero-order valence-corrected chi connectivity index (χ0v) is 12.0. The molecule has 0 radical (unpaired) electrons. The Kier molecular flexibility index (Phi) is 2.84. The molecule has 3 aromatic rings. The van der Waals surface area contributed by atoms with E-state index < -0.39 is 0 Å². The highest BCUT2D eigenvalue weighted by molar-refractivity contribution is 5.74. The van der Waals surface area contributed by atoms with Crippen molar-refractivity contribution in [2.24, 2.45) is 7.05 Å². The number of imidazole rings is 1. The first-order chi connectivity index (χ1) is 10.3. The quantitative estimate of drug-likeness (QED) is 0.723. The molecule has 1 aliphatic heterocycles. The third kappa shape index (κ3) is 1.96. The van der Waals surface area contributed by atoms with Gasteiger partial charge in [-0.1, -0.05) is 18.2 Å². The molecule has 21 heavy (non-hydrogen) atoms. The number of rotatable bonds is 2. The Bertz CT molecular complexity index is 765. The summed E-state index contributed by atoms with van der Waals surface area (Å²) in [5, 5.41) is 0. The maximum absolute atomic E-state index is 4.55. The van der Waals surface area contributed by atoms with E-state index in [9.17, 15) is 0 Å². The smallest absolute Gasteiger partial charge is 0.163 e. The fraction of sp³-hybridized carbons (Fsp3) is 0.312. The molecule has 1 aliphatic rings. The molecule has 0 spiro atoms. The first kappa shape index (κ1) is 12.3. The second-order valence-corrected chi connectivity index (χ2v) is 5.47. The molecule has 3 heterocycles. The standard InChI is InChI=1S/C16H17N5/c1-20-11-19-15-14(17-10-18-16(15)20)13-8-5-9-21(13)12-6-3-2-4-7-12/h2-4,6-7,10-11,13H,5,8-9H2,1H3. The van der Waals surface area contributed by atoms with E-state index >= 15 is 0 Å². The number of anilines is 1. The zero-order chi connectivity index (χ0) is 14.2. The van der Waals surface area contributed by atoms with Gasteiger partial charge in [0.1, 0.15) is 11.8 Å². The van der Waals surface area contributed by atoms with E-state index in [0.717, 1.165) is 29.8 Å². The maximum atomic E-state index is 4.55. The lowest BCUT2D eigenvalue weighted by Crippen LogP contribution is -2.23. The third-order valence-electron chi connectivity index (χ3n) is 4.18. The van der Waals surface area contributed by atoms with Crippen molar-refractivity contribution < 1.29 is 0 Å². The fourth-order valence-corrected chi connectivity index (χ4v) is 3.19. The summed E-state index contributed by atoms with van der Waals surface area (Å²) in [6.07, 6.45) is 5.75. The number of para-hydroxylation sites is 1. The minimum Gasteiger partial charge on any atom is -0.363 e. The van der Waals surface area contributed by atoms with Gasteiger partial charge in [-0.2, -0.15) is 0 Å². The fourth-order valence-electron chi connectivity index (χ4n) is 3.19. The highest BCUT2D eigenvalue weighted by atomic mass is 15.2. The van der Waals surface area contributed by atoms with Crippen molar-refractivity contribution in [3.05, 3.63) is 48.7 Å². The number of benzene rings is 1. The Balaban J connectivity index is 1.80. The molecule has 4 rings (SSSR count). The topological polar surface area (TPSA) is 46.8 Å². The minimum atomic E-state index is 0.285. The largest absolute Gasteiger partial charge is 0.363 e. The average Bonchev–Trinajstić information content (AvgIpc) is 3.15. The van der Waals surface area contributed by atoms with Crippen LogP contribution in [0.1, 0.15) is 24.6 Å². The summed E-state index contributed by atoms with van der Waals surface area (Å²) >= 11 is 0. The summed E-state index contributed by atoms with van der Waals surface area (Å²) in [6.45, 7) is 1.06. The number of fused-ring (bicyclic) bond motifs is 1. The second kappa shape index (κ2) is 4.84. The molecule has 0 bridgehead atoms. The molecule has 5 nitrogen and oxygen atoms in total. The summed E-state index contributed by atoms with van der Waals surface area (Å²) < 4.78 is 1.95. The van der Waals surface area contributed by atoms with E-state index in [1.165, 1.54) is 12.1 Å². The summed E-state index contributed by atoms with van der Waals surface area (Å²) in [5.74, 6) is 0. The van der Waals surface area contributed by atoms with Crippen molar-refractivity contribution >= 4 is 16.9 Å². The van der Waals surface area contributed by atoms with Gasteiger partial charge in [-0.25, -0.2) is 15.0 Å². The molecule has 5 heteroatoms. The SMILES string of the molecule is Cn1cnc2c(C3CCCN3c3ccccc3)ncnc21. The monoisotopic (exact) mass is 279 g/mol. The highest BCUT2D eigenvalue weighted by Crippen LogP contribution is 2.36. The van der Waals surface area contributed by atoms with Crippen molar-refractivity contribution in [2.45, 2.75) is 18.9 Å². The van der Waals surface area contributed by atoms with Crippen LogP contribution >= 0.6 is 0 Å². The van der Waals surface area contributed by atoms with E-state index in [-0.39, 0.29) is 6.04 Å². The number of aromatic nitrogens is 4. The van der Waals surface area contributed by atoms with E-state index in [0.29, 0.717) is 0 Å². The molecule has 0 N–H and O–H groups in total. The predicted molar refractivity (Wildman–Crippen MR) is 82.1 cm³/mol. The average molecular weight is 279 g/mol. The predicted octanol–water partition coefficient (Wildman–Crippen LogP) is 2.70. The Morgan fingerprint density at radius 3 is 2.81 bits per heavy atom. The molecule has 1 atom stereocenters. The van der Waals surface area contributed by atoms with E-state index in [1.807, 2.05) is 17.9 Å². The number of nitrogens with zero attached hydrogens (tertiary/aromatic N) is 5. The van der Waals surface area contributed by atoms with E-state index in [2.05, 4.69) is 50.2 Å². The molecule has 1 fully saturated rings. The summed E-state index contributed by atoms with van der Waals surface area (Å²) in [4.78, 5) is 15.8. The summed E-state index contributed by atoms with van der Waals surface area (Å²) in [6, 6.07) is 10.8. The van der Waals surface area contributed by atoms with Crippen LogP contribution in [0.15, 0.2) is 43.0 Å². The Labute approximate surface area is 123 Å². The maximum Gasteiger partial charge on any atom is 0.163 e. The van der Waals surface area contributed by atoms with Gasteiger partial charge >= 0.3 is 0 Å². The molecule has 0 aliphatic carbocycles. The van der Waals surface area contributed by atoms with Crippen LogP contribution in [0, 0.1) is 0 Å². The lowest BCUT2D eigenvalue weighted by Gasteiger charge is -2.26. The Morgan fingerprint density at radius 1 is 1.10 bits per heavy atom. The van der Waals surface area contributed by atoms with Crippen LogP contribution < -0.4 is 4.90 Å². The lowest BCUT2D eigenvalue weighted by atomic mass is 10.1. The van der Waals surface area contributed by atoms with Crippen molar-refractivity contribution in [3.8, 4) is 0 Å². The van der Waals surface area contributed by atoms with Crippen molar-refractivity contribution in [1.82, 2.24) is 19.5 Å². The van der Waals surface area contributed by atoms with Crippen LogP contribution in [0.4, 0.5) is 5.69 Å². The van der Waals surface area contributed by atoms with Gasteiger partial charge in [-0.15, -0.1) is 0 Å². The van der Waals surface area contributed by atoms with Gasteiger partial charge in [0.15, 0.2) is 5.65 Å². The van der Waals surface area contributed by atoms with Crippen molar-refractivity contribution in [3.63, 3.8) is 0 Å². The van der Waals surface area contributed by atoms with E-state index in [1.54, 1.807) is 6.33 Å². The Morgan fingerprint density at radius 2 is 1.95 bits per heavy atom. The second-order valence-electron chi connectivity index (χ2n) is 5.47. The molecule has 2 aromatic heterocycles. The molecule has 0 amide bonds. The minimum absolute atomic E-state index is 0.285. The summed E-state index contributed by atoms with van der Waals surface area (Å²) in [5.41, 5.74) is 4.12. The highest BCUT2D eigenvalue weighted by Gasteiger charge is 2.29. The van der Waals surface area contributed by atoms with Gasteiger partial charge in [-0.3, -0.25) is 0 Å². The number of hydrogen-bond acceptors (Lipinski definition) is 4. The number of hydrogen-bond donors (Lipinski definition) is 0. The number of aryl methyl sites for hydroxylation is 1. The molecular formula is C16H17N5. The third-order valence-corrected chi connectivity index (χ3v) is 4.18. The van der Waals surface area contributed by atoms with Gasteiger partial charge in [-0.05, 0) is 25.0 Å². The van der Waals surface area contributed by atoms with Gasteiger partial charge in [0.05, 0.1) is 18.1 Å². The van der Waals surface area contributed by atoms with Crippen LogP contribution in [-0.4, -0.2) is 26.1 Å². The van der Waals surface area contributed by atoms with Crippen LogP contribution in [0.25, 0.3) is 11.2 Å². The Hall–Kier alpha value is -2.43. The van der Waals surface area contributed by atoms with Gasteiger partial charge < -0.3 is 9.47 Å². The van der Waals surface area contributed by atoms with Gasteiger partial charge in [0.25, 0.3) is 0 Å². The first-order valence-corrected chi connectivity index (χ1v) is 7.28. The van der Waals surface area contributed by atoms with Crippen molar-refractivity contribution in [2.75, 3.05) is 11.4 Å². The molecule has 1 saturated heterocycles. The lowest BCUT2D eigenvalue weighted by molar-refractivity contribution is 0.697. The molecule has 0 saturated carbocycles. The zero-order valence-electron chi connectivity index (χ0n) is 12.0. The van der Waals surface area contributed by atoms with E-state index in [4.69, 9.17) is 0 Å². The van der Waals surface area contributed by atoms with Crippen LogP contribution in [0.3, 0.4) is 0 Å². The molecule has 1 unspecified atom stereocenters. The summed E-state index contributed by atoms with van der Waals surface area (Å²) in [7, 11) is 1.97.